The second-order valence-electron chi connectivity index (χ2n) is 7.16. The van der Waals surface area contributed by atoms with Crippen LogP contribution < -0.4 is 0 Å². The third kappa shape index (κ3) is 3.71. The van der Waals surface area contributed by atoms with E-state index in [0.29, 0.717) is 11.6 Å². The molecular formula is C22H24ClN3O. The van der Waals surface area contributed by atoms with Crippen molar-refractivity contribution in [3.05, 3.63) is 59.2 Å². The lowest BCUT2D eigenvalue weighted by Gasteiger charge is -2.36. The van der Waals surface area contributed by atoms with Crippen molar-refractivity contribution in [3.8, 4) is 17.2 Å². The Hall–Kier alpha value is -2.35. The highest BCUT2D eigenvalue weighted by Crippen LogP contribution is 2.32. The van der Waals surface area contributed by atoms with Crippen LogP contribution in [0.2, 0.25) is 0 Å². The topological polar surface area (TPSA) is 47.3 Å². The summed E-state index contributed by atoms with van der Waals surface area (Å²) in [5.41, 5.74) is 4.81. The lowest BCUT2D eigenvalue weighted by molar-refractivity contribution is 0.0602. The van der Waals surface area contributed by atoms with Gasteiger partial charge in [-0.15, -0.1) is 12.4 Å². The van der Waals surface area contributed by atoms with E-state index in [9.17, 15) is 4.79 Å². The van der Waals surface area contributed by atoms with Gasteiger partial charge in [0.1, 0.15) is 0 Å². The number of carbonyl (C=O) groups is 1. The van der Waals surface area contributed by atoms with E-state index < -0.39 is 0 Å². The number of fused-ring (bicyclic) bond motifs is 1. The Labute approximate surface area is 166 Å². The maximum atomic E-state index is 12.9. The summed E-state index contributed by atoms with van der Waals surface area (Å²) in [5, 5.41) is 8.94. The second kappa shape index (κ2) is 8.12. The zero-order valence-corrected chi connectivity index (χ0v) is 16.3. The van der Waals surface area contributed by atoms with Gasteiger partial charge in [0.2, 0.25) is 0 Å². The number of carbonyl (C=O) groups excluding carboxylic acids is 1. The minimum Gasteiger partial charge on any atom is -0.331 e. The summed E-state index contributed by atoms with van der Waals surface area (Å²) in [7, 11) is 0. The molecule has 1 fully saturated rings. The highest BCUT2D eigenvalue weighted by atomic mass is 35.5. The van der Waals surface area contributed by atoms with Crippen LogP contribution in [-0.2, 0) is 6.54 Å². The van der Waals surface area contributed by atoms with Crippen LogP contribution in [0.25, 0.3) is 11.1 Å². The molecule has 2 aromatic carbocycles. The Morgan fingerprint density at radius 1 is 1.07 bits per heavy atom. The number of nitriles is 1. The van der Waals surface area contributed by atoms with Gasteiger partial charge in [-0.3, -0.25) is 4.79 Å². The molecule has 27 heavy (non-hydrogen) atoms. The molecule has 1 amide bonds. The highest BCUT2D eigenvalue weighted by Gasteiger charge is 2.34. The van der Waals surface area contributed by atoms with Gasteiger partial charge in [0.05, 0.1) is 11.6 Å². The van der Waals surface area contributed by atoms with Crippen LogP contribution in [0, 0.1) is 11.3 Å². The van der Waals surface area contributed by atoms with Crippen LogP contribution in [0.1, 0.15) is 41.3 Å². The van der Waals surface area contributed by atoms with Crippen LogP contribution >= 0.6 is 12.4 Å². The van der Waals surface area contributed by atoms with Crippen molar-refractivity contribution in [3.63, 3.8) is 0 Å². The SMILES string of the molecule is CCN1CCC(N2Cc3cc(-c4ccc(C#N)cc4)ccc3C2=O)CC1.Cl. The van der Waals surface area contributed by atoms with Crippen LogP contribution in [0.15, 0.2) is 42.5 Å². The van der Waals surface area contributed by atoms with Crippen molar-refractivity contribution in [2.75, 3.05) is 19.6 Å². The van der Waals surface area contributed by atoms with Gasteiger partial charge in [-0.25, -0.2) is 0 Å². The van der Waals surface area contributed by atoms with Crippen LogP contribution in [0.4, 0.5) is 0 Å². The van der Waals surface area contributed by atoms with E-state index in [0.717, 1.165) is 61.3 Å². The molecule has 5 heteroatoms. The number of amides is 1. The van der Waals surface area contributed by atoms with Crippen molar-refractivity contribution < 1.29 is 4.79 Å². The van der Waals surface area contributed by atoms with E-state index in [4.69, 9.17) is 5.26 Å². The van der Waals surface area contributed by atoms with Gasteiger partial charge in [-0.1, -0.05) is 25.1 Å². The summed E-state index contributed by atoms with van der Waals surface area (Å²) < 4.78 is 0. The lowest BCUT2D eigenvalue weighted by atomic mass is 10.00. The van der Waals surface area contributed by atoms with E-state index in [1.54, 1.807) is 0 Å². The Morgan fingerprint density at radius 2 is 1.74 bits per heavy atom. The van der Waals surface area contributed by atoms with Gasteiger partial charge in [0.25, 0.3) is 5.91 Å². The quantitative estimate of drug-likeness (QED) is 0.804. The third-order valence-corrected chi connectivity index (χ3v) is 5.73. The van der Waals surface area contributed by atoms with Crippen molar-refractivity contribution in [1.29, 1.82) is 5.26 Å². The van der Waals surface area contributed by atoms with E-state index >= 15 is 0 Å². The molecule has 0 aromatic heterocycles. The zero-order valence-electron chi connectivity index (χ0n) is 15.5. The molecule has 0 spiro atoms. The molecule has 2 heterocycles. The number of hydrogen-bond acceptors (Lipinski definition) is 3. The first-order chi connectivity index (χ1) is 12.7. The van der Waals surface area contributed by atoms with E-state index in [1.165, 1.54) is 0 Å². The summed E-state index contributed by atoms with van der Waals surface area (Å²) in [6, 6.07) is 16.2. The number of piperidine rings is 1. The average Bonchev–Trinajstić information content (AvgIpc) is 3.04. The molecule has 0 bridgehead atoms. The van der Waals surface area contributed by atoms with Gasteiger partial charge < -0.3 is 9.80 Å². The fourth-order valence-corrected chi connectivity index (χ4v) is 4.10. The minimum absolute atomic E-state index is 0. The van der Waals surface area contributed by atoms with Crippen molar-refractivity contribution in [2.24, 2.45) is 0 Å². The first-order valence-electron chi connectivity index (χ1n) is 9.36. The molecule has 2 aliphatic heterocycles. The fourth-order valence-electron chi connectivity index (χ4n) is 4.10. The summed E-state index contributed by atoms with van der Waals surface area (Å²) in [6.07, 6.45) is 2.13. The molecular weight excluding hydrogens is 358 g/mol. The van der Waals surface area contributed by atoms with Crippen LogP contribution in [0.5, 0.6) is 0 Å². The molecule has 0 saturated carbocycles. The fraction of sp³-hybridized carbons (Fsp3) is 0.364. The van der Waals surface area contributed by atoms with E-state index in [-0.39, 0.29) is 18.3 Å². The maximum absolute atomic E-state index is 12.9. The smallest absolute Gasteiger partial charge is 0.254 e. The van der Waals surface area contributed by atoms with Crippen molar-refractivity contribution in [2.45, 2.75) is 32.4 Å². The average molecular weight is 382 g/mol. The normalized spacial score (nSPS) is 17.3. The molecule has 4 nitrogen and oxygen atoms in total. The zero-order chi connectivity index (χ0) is 18.1. The summed E-state index contributed by atoms with van der Waals surface area (Å²) in [5.74, 6) is 0.182. The Morgan fingerprint density at radius 3 is 2.37 bits per heavy atom. The number of nitrogens with zero attached hydrogens (tertiary/aromatic N) is 3. The van der Waals surface area contributed by atoms with Crippen LogP contribution in [-0.4, -0.2) is 41.4 Å². The van der Waals surface area contributed by atoms with Gasteiger partial charge >= 0.3 is 0 Å². The van der Waals surface area contributed by atoms with E-state index in [2.05, 4.69) is 28.9 Å². The van der Waals surface area contributed by atoms with Crippen LogP contribution in [0.3, 0.4) is 0 Å². The van der Waals surface area contributed by atoms with Crippen molar-refractivity contribution in [1.82, 2.24) is 9.80 Å². The number of halogens is 1. The second-order valence-corrected chi connectivity index (χ2v) is 7.16. The number of rotatable bonds is 3. The molecule has 0 N–H and O–H groups in total. The predicted molar refractivity (Wildman–Crippen MR) is 109 cm³/mol. The first kappa shape index (κ1) is 19.4. The Balaban J connectivity index is 0.00000210. The summed E-state index contributed by atoms with van der Waals surface area (Å²) in [4.78, 5) is 17.4. The van der Waals surface area contributed by atoms with Gasteiger partial charge in [-0.05, 0) is 60.3 Å². The van der Waals surface area contributed by atoms with E-state index in [1.807, 2.05) is 36.4 Å². The number of likely N-dealkylation sites (tertiary alicyclic amines) is 1. The standard InChI is InChI=1S/C22H23N3O.ClH/c1-2-24-11-9-20(10-12-24)25-15-19-13-18(7-8-21(19)22(25)26)17-5-3-16(14-23)4-6-17;/h3-8,13,20H,2,9-12,15H2,1H3;1H. The largest absolute Gasteiger partial charge is 0.331 e. The molecule has 1 saturated heterocycles. The molecule has 2 aliphatic rings. The monoisotopic (exact) mass is 381 g/mol. The van der Waals surface area contributed by atoms with Gasteiger partial charge in [-0.2, -0.15) is 5.26 Å². The molecule has 0 unspecified atom stereocenters. The minimum atomic E-state index is 0. The molecule has 4 rings (SSSR count). The van der Waals surface area contributed by atoms with Crippen molar-refractivity contribution >= 4 is 18.3 Å². The Kier molecular flexibility index (Phi) is 5.84. The lowest BCUT2D eigenvalue weighted by Crippen LogP contribution is -2.44. The molecule has 2 aromatic rings. The molecule has 140 valence electrons. The third-order valence-electron chi connectivity index (χ3n) is 5.73. The predicted octanol–water partition coefficient (Wildman–Crippen LogP) is 4.09. The molecule has 0 atom stereocenters. The molecule has 0 radical (unpaired) electrons. The maximum Gasteiger partial charge on any atom is 0.254 e. The number of benzene rings is 2. The Bertz CT molecular complexity index is 864. The summed E-state index contributed by atoms with van der Waals surface area (Å²) in [6.45, 7) is 6.17. The first-order valence-corrected chi connectivity index (χ1v) is 9.36. The van der Waals surface area contributed by atoms with Gasteiger partial charge in [0, 0.05) is 31.2 Å². The number of hydrogen-bond donors (Lipinski definition) is 0. The van der Waals surface area contributed by atoms with Gasteiger partial charge in [0.15, 0.2) is 0 Å². The molecule has 0 aliphatic carbocycles. The highest BCUT2D eigenvalue weighted by molar-refractivity contribution is 5.99. The summed E-state index contributed by atoms with van der Waals surface area (Å²) >= 11 is 0.